The van der Waals surface area contributed by atoms with Crippen molar-refractivity contribution in [2.24, 2.45) is 0 Å². The van der Waals surface area contributed by atoms with E-state index in [2.05, 4.69) is 25.2 Å². The second-order valence-electron chi connectivity index (χ2n) is 2.98. The van der Waals surface area contributed by atoms with E-state index in [1.54, 1.807) is 0 Å². The van der Waals surface area contributed by atoms with Crippen LogP contribution in [0.25, 0.3) is 0 Å². The summed E-state index contributed by atoms with van der Waals surface area (Å²) in [6.07, 6.45) is 0. The van der Waals surface area contributed by atoms with E-state index in [1.165, 1.54) is 11.1 Å². The average Bonchev–Trinajstić information content (AvgIpc) is 2.03. The molecule has 1 N–H and O–H groups in total. The van der Waals surface area contributed by atoms with Crippen molar-refractivity contribution in [3.63, 3.8) is 0 Å². The van der Waals surface area contributed by atoms with Gasteiger partial charge in [-0.05, 0) is 38.1 Å². The number of hydrogen-bond acceptors (Lipinski definition) is 1. The van der Waals surface area contributed by atoms with Crippen LogP contribution < -0.4 is 5.32 Å². The molecule has 12 heavy (non-hydrogen) atoms. The Morgan fingerprint density at radius 2 is 2.08 bits per heavy atom. The van der Waals surface area contributed by atoms with E-state index in [1.807, 2.05) is 19.2 Å². The molecule has 2 heteroatoms. The van der Waals surface area contributed by atoms with Crippen molar-refractivity contribution in [3.8, 4) is 0 Å². The van der Waals surface area contributed by atoms with Gasteiger partial charge in [0.15, 0.2) is 0 Å². The van der Waals surface area contributed by atoms with Gasteiger partial charge in [-0.1, -0.05) is 23.7 Å². The van der Waals surface area contributed by atoms with Gasteiger partial charge in [0.2, 0.25) is 0 Å². The van der Waals surface area contributed by atoms with Crippen LogP contribution in [0.15, 0.2) is 18.2 Å². The lowest BCUT2D eigenvalue weighted by atomic mass is 10.0. The number of aryl methyl sites for hydroxylation is 1. The lowest BCUT2D eigenvalue weighted by molar-refractivity contribution is 0.649. The highest BCUT2D eigenvalue weighted by molar-refractivity contribution is 6.31. The SMILES string of the molecule is CN[C@@H](C)c1c(C)cccc1Cl. The quantitative estimate of drug-likeness (QED) is 0.744. The minimum absolute atomic E-state index is 0.318. The summed E-state index contributed by atoms with van der Waals surface area (Å²) in [4.78, 5) is 0. The molecular formula is C10H14ClN. The van der Waals surface area contributed by atoms with Crippen molar-refractivity contribution >= 4 is 11.6 Å². The third-order valence-corrected chi connectivity index (χ3v) is 2.47. The van der Waals surface area contributed by atoms with Crippen LogP contribution in [0.4, 0.5) is 0 Å². The standard InChI is InChI=1S/C10H14ClN/c1-7-5-4-6-9(11)10(7)8(2)12-3/h4-6,8,12H,1-3H3/t8-/m0/s1. The summed E-state index contributed by atoms with van der Waals surface area (Å²) in [7, 11) is 1.94. The van der Waals surface area contributed by atoms with Crippen molar-refractivity contribution in [1.29, 1.82) is 0 Å². The molecule has 0 heterocycles. The summed E-state index contributed by atoms with van der Waals surface area (Å²) in [5.74, 6) is 0. The Kier molecular flexibility index (Phi) is 3.12. The largest absolute Gasteiger partial charge is 0.313 e. The van der Waals surface area contributed by atoms with Gasteiger partial charge in [-0.25, -0.2) is 0 Å². The molecule has 0 unspecified atom stereocenters. The van der Waals surface area contributed by atoms with Crippen LogP contribution in [0.1, 0.15) is 24.1 Å². The topological polar surface area (TPSA) is 12.0 Å². The highest BCUT2D eigenvalue weighted by Crippen LogP contribution is 2.25. The fraction of sp³-hybridized carbons (Fsp3) is 0.400. The van der Waals surface area contributed by atoms with E-state index in [4.69, 9.17) is 11.6 Å². The van der Waals surface area contributed by atoms with Crippen molar-refractivity contribution in [1.82, 2.24) is 5.32 Å². The van der Waals surface area contributed by atoms with Gasteiger partial charge in [0.1, 0.15) is 0 Å². The molecule has 1 nitrogen and oxygen atoms in total. The molecular weight excluding hydrogens is 170 g/mol. The Hall–Kier alpha value is -0.530. The summed E-state index contributed by atoms with van der Waals surface area (Å²) in [6.45, 7) is 4.18. The van der Waals surface area contributed by atoms with Gasteiger partial charge in [0, 0.05) is 11.1 Å². The Balaban J connectivity index is 3.12. The Bertz CT molecular complexity index is 250. The molecule has 0 radical (unpaired) electrons. The number of nitrogens with one attached hydrogen (secondary N) is 1. The van der Waals surface area contributed by atoms with Crippen LogP contribution in [0.5, 0.6) is 0 Å². The van der Waals surface area contributed by atoms with Crippen LogP contribution >= 0.6 is 11.6 Å². The third-order valence-electron chi connectivity index (χ3n) is 2.14. The van der Waals surface area contributed by atoms with Gasteiger partial charge in [-0.2, -0.15) is 0 Å². The number of hydrogen-bond donors (Lipinski definition) is 1. The third kappa shape index (κ3) is 1.79. The van der Waals surface area contributed by atoms with E-state index < -0.39 is 0 Å². The van der Waals surface area contributed by atoms with Crippen molar-refractivity contribution in [2.45, 2.75) is 19.9 Å². The summed E-state index contributed by atoms with van der Waals surface area (Å²) >= 11 is 6.06. The van der Waals surface area contributed by atoms with Gasteiger partial charge in [0.25, 0.3) is 0 Å². The Morgan fingerprint density at radius 3 is 2.58 bits per heavy atom. The monoisotopic (exact) mass is 183 g/mol. The van der Waals surface area contributed by atoms with Crippen LogP contribution in [-0.2, 0) is 0 Å². The van der Waals surface area contributed by atoms with Gasteiger partial charge in [-0.15, -0.1) is 0 Å². The molecule has 0 spiro atoms. The van der Waals surface area contributed by atoms with Crippen LogP contribution in [0.3, 0.4) is 0 Å². The molecule has 0 saturated carbocycles. The average molecular weight is 184 g/mol. The summed E-state index contributed by atoms with van der Waals surface area (Å²) in [5, 5.41) is 4.02. The zero-order valence-electron chi connectivity index (χ0n) is 7.69. The zero-order chi connectivity index (χ0) is 9.14. The highest BCUT2D eigenvalue weighted by atomic mass is 35.5. The van der Waals surface area contributed by atoms with E-state index in [0.29, 0.717) is 6.04 Å². The molecule has 1 rings (SSSR count). The first-order chi connectivity index (χ1) is 5.66. The maximum absolute atomic E-state index is 6.06. The van der Waals surface area contributed by atoms with Gasteiger partial charge < -0.3 is 5.32 Å². The molecule has 0 bridgehead atoms. The molecule has 0 fully saturated rings. The molecule has 0 aromatic heterocycles. The second kappa shape index (κ2) is 3.92. The Morgan fingerprint density at radius 1 is 1.42 bits per heavy atom. The van der Waals surface area contributed by atoms with E-state index in [0.717, 1.165) is 5.02 Å². The lowest BCUT2D eigenvalue weighted by Crippen LogP contribution is -2.13. The molecule has 0 amide bonds. The molecule has 1 aromatic carbocycles. The van der Waals surface area contributed by atoms with Crippen LogP contribution in [0, 0.1) is 6.92 Å². The van der Waals surface area contributed by atoms with E-state index in [9.17, 15) is 0 Å². The van der Waals surface area contributed by atoms with Gasteiger partial charge >= 0.3 is 0 Å². The van der Waals surface area contributed by atoms with Crippen molar-refractivity contribution in [3.05, 3.63) is 34.3 Å². The number of benzene rings is 1. The molecule has 0 aliphatic rings. The van der Waals surface area contributed by atoms with Crippen LogP contribution in [0.2, 0.25) is 5.02 Å². The maximum atomic E-state index is 6.06. The predicted octanol–water partition coefficient (Wildman–Crippen LogP) is 2.93. The zero-order valence-corrected chi connectivity index (χ0v) is 8.44. The van der Waals surface area contributed by atoms with E-state index >= 15 is 0 Å². The first-order valence-electron chi connectivity index (χ1n) is 4.09. The maximum Gasteiger partial charge on any atom is 0.0456 e. The number of halogens is 1. The van der Waals surface area contributed by atoms with Gasteiger partial charge in [0.05, 0.1) is 0 Å². The van der Waals surface area contributed by atoms with Crippen LogP contribution in [-0.4, -0.2) is 7.05 Å². The van der Waals surface area contributed by atoms with E-state index in [-0.39, 0.29) is 0 Å². The molecule has 0 aliphatic carbocycles. The summed E-state index contributed by atoms with van der Waals surface area (Å²) < 4.78 is 0. The number of rotatable bonds is 2. The molecule has 1 aromatic rings. The second-order valence-corrected chi connectivity index (χ2v) is 3.39. The first kappa shape index (κ1) is 9.56. The molecule has 1 atom stereocenters. The van der Waals surface area contributed by atoms with Crippen molar-refractivity contribution < 1.29 is 0 Å². The minimum atomic E-state index is 0.318. The fourth-order valence-corrected chi connectivity index (χ4v) is 1.72. The highest BCUT2D eigenvalue weighted by Gasteiger charge is 2.09. The fourth-order valence-electron chi connectivity index (χ4n) is 1.34. The lowest BCUT2D eigenvalue weighted by Gasteiger charge is -2.15. The van der Waals surface area contributed by atoms with Crippen molar-refractivity contribution in [2.75, 3.05) is 7.05 Å². The minimum Gasteiger partial charge on any atom is -0.313 e. The first-order valence-corrected chi connectivity index (χ1v) is 4.47. The normalized spacial score (nSPS) is 13.0. The molecule has 0 saturated heterocycles. The smallest absolute Gasteiger partial charge is 0.0456 e. The molecule has 0 aliphatic heterocycles. The Labute approximate surface area is 78.7 Å². The van der Waals surface area contributed by atoms with Gasteiger partial charge in [-0.3, -0.25) is 0 Å². The molecule has 66 valence electrons. The predicted molar refractivity (Wildman–Crippen MR) is 53.7 cm³/mol. The summed E-state index contributed by atoms with van der Waals surface area (Å²) in [5.41, 5.74) is 2.44. The summed E-state index contributed by atoms with van der Waals surface area (Å²) in [6, 6.07) is 6.30.